The summed E-state index contributed by atoms with van der Waals surface area (Å²) in [7, 11) is 0. The molecular weight excluding hydrogens is 697 g/mol. The Morgan fingerprint density at radius 2 is 0.518 bits per heavy atom. The van der Waals surface area contributed by atoms with E-state index >= 15 is 0 Å². The average molecular weight is 793 g/mol. The molecule has 0 aliphatic rings. The second-order valence-corrected chi connectivity index (χ2v) is 18.5. The molecule has 0 fully saturated rings. The highest BCUT2D eigenvalue weighted by Crippen LogP contribution is 2.17. The molecule has 1 atom stereocenters. The van der Waals surface area contributed by atoms with E-state index in [0.29, 0.717) is 19.3 Å². The van der Waals surface area contributed by atoms with Crippen molar-refractivity contribution < 1.29 is 28.6 Å². The maximum absolute atomic E-state index is 12.8. The summed E-state index contributed by atoms with van der Waals surface area (Å²) < 4.78 is 16.7. The average Bonchev–Trinajstić information content (AvgIpc) is 3.15. The molecule has 0 aromatic carbocycles. The molecule has 0 unspecified atom stereocenters. The summed E-state index contributed by atoms with van der Waals surface area (Å²) >= 11 is 0. The van der Waals surface area contributed by atoms with E-state index in [-0.39, 0.29) is 31.1 Å². The number of carbonyl (C=O) groups is 3. The lowest BCUT2D eigenvalue weighted by Gasteiger charge is -2.18. The smallest absolute Gasteiger partial charge is 0.306 e. The number of esters is 3. The molecule has 0 bridgehead atoms. The first-order valence-electron chi connectivity index (χ1n) is 24.6. The van der Waals surface area contributed by atoms with Gasteiger partial charge in [-0.2, -0.15) is 0 Å². The molecule has 0 aromatic heterocycles. The minimum absolute atomic E-state index is 0.0661. The van der Waals surface area contributed by atoms with Crippen LogP contribution < -0.4 is 0 Å². The third-order valence-corrected chi connectivity index (χ3v) is 11.1. The Morgan fingerprint density at radius 1 is 0.304 bits per heavy atom. The molecule has 332 valence electrons. The van der Waals surface area contributed by atoms with Gasteiger partial charge in [-0.25, -0.2) is 0 Å². The molecule has 6 nitrogen and oxygen atoms in total. The van der Waals surface area contributed by atoms with E-state index in [0.717, 1.165) is 75.5 Å². The first kappa shape index (κ1) is 54.4. The number of hydrogen-bond acceptors (Lipinski definition) is 6. The zero-order chi connectivity index (χ0) is 41.3. The Labute approximate surface area is 348 Å². The Balaban J connectivity index is 4.29. The summed E-state index contributed by atoms with van der Waals surface area (Å²) in [6.07, 6.45) is 39.6. The van der Waals surface area contributed by atoms with Crippen molar-refractivity contribution in [2.45, 2.75) is 272 Å². The van der Waals surface area contributed by atoms with Crippen molar-refractivity contribution in [3.8, 4) is 0 Å². The maximum Gasteiger partial charge on any atom is 0.306 e. The highest BCUT2D eigenvalue weighted by molar-refractivity contribution is 5.71. The van der Waals surface area contributed by atoms with E-state index < -0.39 is 6.10 Å². The van der Waals surface area contributed by atoms with Crippen molar-refractivity contribution in [1.29, 1.82) is 0 Å². The van der Waals surface area contributed by atoms with Gasteiger partial charge in [-0.1, -0.05) is 228 Å². The topological polar surface area (TPSA) is 78.9 Å². The van der Waals surface area contributed by atoms with Gasteiger partial charge >= 0.3 is 17.9 Å². The summed E-state index contributed by atoms with van der Waals surface area (Å²) in [5.74, 6) is 1.56. The van der Waals surface area contributed by atoms with Crippen LogP contribution in [0.15, 0.2) is 0 Å². The van der Waals surface area contributed by atoms with E-state index in [1.54, 1.807) is 0 Å². The van der Waals surface area contributed by atoms with Crippen molar-refractivity contribution in [3.63, 3.8) is 0 Å². The van der Waals surface area contributed by atoms with Crippen LogP contribution in [0, 0.1) is 17.8 Å². The van der Waals surface area contributed by atoms with Gasteiger partial charge < -0.3 is 14.2 Å². The van der Waals surface area contributed by atoms with E-state index in [2.05, 4.69) is 41.5 Å². The minimum atomic E-state index is -0.762. The second-order valence-electron chi connectivity index (χ2n) is 18.5. The molecule has 0 radical (unpaired) electrons. The van der Waals surface area contributed by atoms with Crippen LogP contribution in [0.4, 0.5) is 0 Å². The lowest BCUT2D eigenvalue weighted by Crippen LogP contribution is -2.30. The Hall–Kier alpha value is -1.59. The molecule has 0 saturated carbocycles. The van der Waals surface area contributed by atoms with Gasteiger partial charge in [0.25, 0.3) is 0 Å². The molecule has 0 aliphatic carbocycles. The molecule has 0 aromatic rings. The molecule has 0 spiro atoms. The van der Waals surface area contributed by atoms with Crippen molar-refractivity contribution in [1.82, 2.24) is 0 Å². The fourth-order valence-electron chi connectivity index (χ4n) is 7.41. The van der Waals surface area contributed by atoms with Crippen LogP contribution in [0.5, 0.6) is 0 Å². The summed E-state index contributed by atoms with van der Waals surface area (Å²) in [5, 5.41) is 0. The van der Waals surface area contributed by atoms with Crippen LogP contribution in [-0.4, -0.2) is 37.2 Å². The van der Waals surface area contributed by atoms with Gasteiger partial charge in [-0.15, -0.1) is 0 Å². The number of ether oxygens (including phenoxy) is 3. The first-order valence-corrected chi connectivity index (χ1v) is 24.6. The normalized spacial score (nSPS) is 12.2. The Bertz CT molecular complexity index is 868. The molecule has 0 amide bonds. The van der Waals surface area contributed by atoms with Crippen LogP contribution in [0.1, 0.15) is 266 Å². The zero-order valence-corrected chi connectivity index (χ0v) is 38.4. The van der Waals surface area contributed by atoms with Gasteiger partial charge in [0.15, 0.2) is 6.10 Å². The fourth-order valence-corrected chi connectivity index (χ4v) is 7.41. The van der Waals surface area contributed by atoms with Crippen LogP contribution in [0.25, 0.3) is 0 Å². The monoisotopic (exact) mass is 793 g/mol. The molecule has 6 heteroatoms. The van der Waals surface area contributed by atoms with Crippen LogP contribution in [0.2, 0.25) is 0 Å². The van der Waals surface area contributed by atoms with Gasteiger partial charge in [0.2, 0.25) is 0 Å². The molecular formula is C50H96O6. The van der Waals surface area contributed by atoms with E-state index in [9.17, 15) is 14.4 Å². The Kier molecular flexibility index (Phi) is 40.4. The number of hydrogen-bond donors (Lipinski definition) is 0. The van der Waals surface area contributed by atoms with Crippen LogP contribution in [-0.2, 0) is 28.6 Å². The highest BCUT2D eigenvalue weighted by Gasteiger charge is 2.19. The highest BCUT2D eigenvalue weighted by atomic mass is 16.6. The second kappa shape index (κ2) is 41.6. The Morgan fingerprint density at radius 3 is 0.768 bits per heavy atom. The van der Waals surface area contributed by atoms with Gasteiger partial charge in [-0.3, -0.25) is 14.4 Å². The van der Waals surface area contributed by atoms with Gasteiger partial charge in [0.05, 0.1) is 0 Å². The van der Waals surface area contributed by atoms with E-state index in [1.807, 2.05) is 0 Å². The predicted octanol–water partition coefficient (Wildman–Crippen LogP) is 15.6. The summed E-state index contributed by atoms with van der Waals surface area (Å²) in [5.41, 5.74) is 0. The molecule has 56 heavy (non-hydrogen) atoms. The molecule has 0 heterocycles. The van der Waals surface area contributed by atoms with Gasteiger partial charge in [-0.05, 0) is 37.0 Å². The third-order valence-electron chi connectivity index (χ3n) is 11.1. The number of rotatable bonds is 43. The van der Waals surface area contributed by atoms with Crippen molar-refractivity contribution in [3.05, 3.63) is 0 Å². The molecule has 0 saturated heterocycles. The fraction of sp³-hybridized carbons (Fsp3) is 0.940. The molecule has 0 N–H and O–H groups in total. The quantitative estimate of drug-likeness (QED) is 0.0348. The van der Waals surface area contributed by atoms with Gasteiger partial charge in [0.1, 0.15) is 13.2 Å². The molecule has 0 rings (SSSR count). The largest absolute Gasteiger partial charge is 0.462 e. The standard InChI is InChI=1S/C50H96O6/c1-44(2)36-30-24-18-13-11-9-7-8-10-12-14-22-29-35-41-50(53)56-47(43-55-49(52)40-34-28-23-17-20-26-32-38-46(5)6)42-54-48(51)39-33-27-21-16-15-19-25-31-37-45(3)4/h44-47H,7-43H2,1-6H3/t47-/m1/s1. The minimum Gasteiger partial charge on any atom is -0.462 e. The van der Waals surface area contributed by atoms with Crippen molar-refractivity contribution in [2.75, 3.05) is 13.2 Å². The van der Waals surface area contributed by atoms with E-state index in [4.69, 9.17) is 14.2 Å². The summed E-state index contributed by atoms with van der Waals surface area (Å²) in [6.45, 7) is 13.6. The number of carbonyl (C=O) groups excluding carboxylic acids is 3. The van der Waals surface area contributed by atoms with E-state index in [1.165, 1.54) is 148 Å². The first-order chi connectivity index (χ1) is 27.1. The molecule has 0 aliphatic heterocycles. The summed E-state index contributed by atoms with van der Waals surface area (Å²) in [4.78, 5) is 37.8. The summed E-state index contributed by atoms with van der Waals surface area (Å²) in [6, 6.07) is 0. The van der Waals surface area contributed by atoms with Crippen LogP contribution in [0.3, 0.4) is 0 Å². The lowest BCUT2D eigenvalue weighted by atomic mass is 10.0. The zero-order valence-electron chi connectivity index (χ0n) is 38.4. The van der Waals surface area contributed by atoms with Crippen molar-refractivity contribution >= 4 is 17.9 Å². The maximum atomic E-state index is 12.8. The van der Waals surface area contributed by atoms with Crippen LogP contribution >= 0.6 is 0 Å². The SMILES string of the molecule is CC(C)CCCCCCCCCCCCCCCCC(=O)O[C@H](COC(=O)CCCCCCCCCCC(C)C)COC(=O)CCCCCCCCCC(C)C. The predicted molar refractivity (Wildman–Crippen MR) is 238 cm³/mol. The third kappa shape index (κ3) is 43.5. The van der Waals surface area contributed by atoms with Crippen molar-refractivity contribution in [2.24, 2.45) is 17.8 Å². The van der Waals surface area contributed by atoms with Gasteiger partial charge in [0, 0.05) is 19.3 Å². The number of unbranched alkanes of at least 4 members (excludes halogenated alkanes) is 26. The lowest BCUT2D eigenvalue weighted by molar-refractivity contribution is -0.167.